The van der Waals surface area contributed by atoms with Gasteiger partial charge in [0.25, 0.3) is 0 Å². The minimum atomic E-state index is 0.0439. The van der Waals surface area contributed by atoms with Crippen LogP contribution in [0.3, 0.4) is 0 Å². The normalized spacial score (nSPS) is 12.3. The average Bonchev–Trinajstić information content (AvgIpc) is 3.38. The van der Waals surface area contributed by atoms with Crippen molar-refractivity contribution in [2.24, 2.45) is 0 Å². The van der Waals surface area contributed by atoms with E-state index in [0.717, 1.165) is 10.5 Å². The van der Waals surface area contributed by atoms with Gasteiger partial charge in [0.05, 0.1) is 5.69 Å². The molecule has 1 nitrogen and oxygen atoms in total. The van der Waals surface area contributed by atoms with Crippen LogP contribution in [0.1, 0.15) is 36.8 Å². The molecule has 0 unspecified atom stereocenters. The molecule has 0 saturated carbocycles. The molecule has 0 atom stereocenters. The van der Waals surface area contributed by atoms with Gasteiger partial charge in [-0.25, -0.2) is 4.98 Å². The summed E-state index contributed by atoms with van der Waals surface area (Å²) in [6, 6.07) is 24.4. The molecule has 6 rings (SSSR count). The molecular weight excluding hydrogens is 450 g/mol. The highest BCUT2D eigenvalue weighted by molar-refractivity contribution is 7.19. The van der Waals surface area contributed by atoms with Crippen LogP contribution in [0.2, 0.25) is 0 Å². The molecule has 0 aliphatic carbocycles. The number of fused-ring (bicyclic) bond motifs is 3. The Morgan fingerprint density at radius 2 is 1.53 bits per heavy atom. The summed E-state index contributed by atoms with van der Waals surface area (Å²) in [5.41, 5.74) is 7.60. The van der Waals surface area contributed by atoms with Crippen LogP contribution in [-0.2, 0) is 5.41 Å². The van der Waals surface area contributed by atoms with Gasteiger partial charge in [0.15, 0.2) is 0 Å². The molecule has 0 aliphatic rings. The summed E-state index contributed by atoms with van der Waals surface area (Å²) in [6.45, 7) is 11.3. The van der Waals surface area contributed by atoms with Gasteiger partial charge in [0.1, 0.15) is 4.83 Å². The number of rotatable bonds is 2. The summed E-state index contributed by atoms with van der Waals surface area (Å²) in [7, 11) is 0. The van der Waals surface area contributed by atoms with E-state index in [4.69, 9.17) is 4.98 Å². The van der Waals surface area contributed by atoms with Gasteiger partial charge in [-0.05, 0) is 76.4 Å². The van der Waals surface area contributed by atoms with E-state index in [1.165, 1.54) is 58.9 Å². The van der Waals surface area contributed by atoms with E-state index in [1.54, 1.807) is 0 Å². The maximum atomic E-state index is 5.23. The smallest absolute Gasteiger partial charge is 0.125 e. The Balaban J connectivity index is 1.68. The number of hydrogen-bond donors (Lipinski definition) is 0. The van der Waals surface area contributed by atoms with Crippen molar-refractivity contribution in [2.45, 2.75) is 40.0 Å². The third-order valence-corrected chi connectivity index (χ3v) is 8.94. The van der Waals surface area contributed by atoms with E-state index in [-0.39, 0.29) is 5.41 Å². The lowest BCUT2D eigenvalue weighted by molar-refractivity contribution is 0.596. The SMILES string of the molecule is Cc1sc2nc(-c3cc(C(C)(C)C)c4ccccc4c3)cc(-c3csc4ccccc34)c2c1C. The highest BCUT2D eigenvalue weighted by atomic mass is 32.1. The van der Waals surface area contributed by atoms with Gasteiger partial charge >= 0.3 is 0 Å². The number of pyridine rings is 1. The zero-order valence-electron chi connectivity index (χ0n) is 20.2. The molecule has 6 aromatic rings. The highest BCUT2D eigenvalue weighted by Crippen LogP contribution is 2.44. The summed E-state index contributed by atoms with van der Waals surface area (Å²) in [6.07, 6.45) is 0. The molecule has 34 heavy (non-hydrogen) atoms. The molecule has 0 N–H and O–H groups in total. The zero-order valence-corrected chi connectivity index (χ0v) is 21.8. The molecule has 0 bridgehead atoms. The Morgan fingerprint density at radius 1 is 0.794 bits per heavy atom. The summed E-state index contributed by atoms with van der Waals surface area (Å²) >= 11 is 3.63. The first kappa shape index (κ1) is 21.5. The predicted octanol–water partition coefficient (Wildman–Crippen LogP) is 9.91. The first-order chi connectivity index (χ1) is 16.3. The number of thiophene rings is 2. The van der Waals surface area contributed by atoms with Gasteiger partial charge < -0.3 is 0 Å². The van der Waals surface area contributed by atoms with E-state index in [9.17, 15) is 0 Å². The average molecular weight is 478 g/mol. The number of aromatic nitrogens is 1. The molecule has 3 aromatic carbocycles. The lowest BCUT2D eigenvalue weighted by Crippen LogP contribution is -2.12. The largest absolute Gasteiger partial charge is 0.237 e. The monoisotopic (exact) mass is 477 g/mol. The first-order valence-electron chi connectivity index (χ1n) is 11.7. The van der Waals surface area contributed by atoms with Crippen molar-refractivity contribution in [3.63, 3.8) is 0 Å². The summed E-state index contributed by atoms with van der Waals surface area (Å²) in [4.78, 5) is 7.70. The van der Waals surface area contributed by atoms with Crippen molar-refractivity contribution in [1.29, 1.82) is 0 Å². The van der Waals surface area contributed by atoms with Crippen LogP contribution < -0.4 is 0 Å². The second-order valence-electron chi connectivity index (χ2n) is 10.2. The van der Waals surface area contributed by atoms with Crippen LogP contribution in [0.4, 0.5) is 0 Å². The lowest BCUT2D eigenvalue weighted by atomic mass is 9.82. The molecule has 3 heterocycles. The number of benzene rings is 3. The Bertz CT molecular complexity index is 1710. The molecule has 168 valence electrons. The first-order valence-corrected chi connectivity index (χ1v) is 13.4. The predicted molar refractivity (Wildman–Crippen MR) is 152 cm³/mol. The summed E-state index contributed by atoms with van der Waals surface area (Å²) in [5, 5.41) is 7.53. The topological polar surface area (TPSA) is 12.9 Å². The summed E-state index contributed by atoms with van der Waals surface area (Å²) in [5.74, 6) is 0. The van der Waals surface area contributed by atoms with E-state index in [2.05, 4.69) is 107 Å². The molecule has 3 aromatic heterocycles. The van der Waals surface area contributed by atoms with Crippen molar-refractivity contribution in [2.75, 3.05) is 0 Å². The lowest BCUT2D eigenvalue weighted by Gasteiger charge is -2.23. The van der Waals surface area contributed by atoms with E-state index < -0.39 is 0 Å². The molecular formula is C31H27NS2. The molecule has 0 radical (unpaired) electrons. The van der Waals surface area contributed by atoms with Crippen molar-refractivity contribution in [3.05, 3.63) is 88.1 Å². The third-order valence-electron chi connectivity index (χ3n) is 6.88. The van der Waals surface area contributed by atoms with Crippen molar-refractivity contribution in [3.8, 4) is 22.4 Å². The number of nitrogens with zero attached hydrogens (tertiary/aromatic N) is 1. The Labute approximate surface area is 208 Å². The van der Waals surface area contributed by atoms with Crippen LogP contribution in [-0.4, -0.2) is 4.98 Å². The van der Waals surface area contributed by atoms with Gasteiger partial charge in [-0.15, -0.1) is 22.7 Å². The Morgan fingerprint density at radius 3 is 2.32 bits per heavy atom. The summed E-state index contributed by atoms with van der Waals surface area (Å²) < 4.78 is 1.33. The van der Waals surface area contributed by atoms with Crippen LogP contribution in [0, 0.1) is 13.8 Å². The Hall–Kier alpha value is -3.01. The van der Waals surface area contributed by atoms with Crippen molar-refractivity contribution in [1.82, 2.24) is 4.98 Å². The van der Waals surface area contributed by atoms with Gasteiger partial charge in [-0.1, -0.05) is 63.2 Å². The van der Waals surface area contributed by atoms with Gasteiger partial charge in [-0.2, -0.15) is 0 Å². The van der Waals surface area contributed by atoms with E-state index >= 15 is 0 Å². The minimum absolute atomic E-state index is 0.0439. The molecule has 0 saturated heterocycles. The number of aryl methyl sites for hydroxylation is 2. The zero-order chi connectivity index (χ0) is 23.6. The van der Waals surface area contributed by atoms with Crippen LogP contribution >= 0.6 is 22.7 Å². The fourth-order valence-corrected chi connectivity index (χ4v) is 7.00. The second kappa shape index (κ2) is 7.76. The van der Waals surface area contributed by atoms with E-state index in [1.807, 2.05) is 22.7 Å². The molecule has 0 spiro atoms. The maximum absolute atomic E-state index is 5.23. The van der Waals surface area contributed by atoms with Gasteiger partial charge in [-0.3, -0.25) is 0 Å². The van der Waals surface area contributed by atoms with Crippen LogP contribution in [0.15, 0.2) is 72.1 Å². The molecule has 0 amide bonds. The quantitative estimate of drug-likeness (QED) is 0.242. The second-order valence-corrected chi connectivity index (χ2v) is 12.3. The maximum Gasteiger partial charge on any atom is 0.125 e. The molecule has 3 heteroatoms. The van der Waals surface area contributed by atoms with Gasteiger partial charge in [0.2, 0.25) is 0 Å². The standard InChI is InChI=1S/C31H27NS2/c1-18-19(2)34-30-29(18)24(25-17-33-28-13-9-8-12-23(25)28)16-27(32-30)21-14-20-10-6-7-11-22(20)26(15-21)31(3,4)5/h6-17H,1-5H3. The van der Waals surface area contributed by atoms with Crippen molar-refractivity contribution >= 4 is 53.7 Å². The van der Waals surface area contributed by atoms with Crippen LogP contribution in [0.5, 0.6) is 0 Å². The molecule has 0 fully saturated rings. The highest BCUT2D eigenvalue weighted by Gasteiger charge is 2.21. The van der Waals surface area contributed by atoms with E-state index in [0.29, 0.717) is 0 Å². The fourth-order valence-electron chi connectivity index (χ4n) is 4.98. The third kappa shape index (κ3) is 3.38. The number of hydrogen-bond acceptors (Lipinski definition) is 3. The minimum Gasteiger partial charge on any atom is -0.237 e. The fraction of sp³-hybridized carbons (Fsp3) is 0.194. The molecule has 0 aliphatic heterocycles. The van der Waals surface area contributed by atoms with Gasteiger partial charge in [0, 0.05) is 31.5 Å². The van der Waals surface area contributed by atoms with Crippen LogP contribution in [0.25, 0.3) is 53.5 Å². The van der Waals surface area contributed by atoms with Crippen molar-refractivity contribution < 1.29 is 0 Å². The Kier molecular flexibility index (Phi) is 4.91.